The standard InChI is InChI=1S/C20H20N4O2/c1-13(19-21-12-18(26-19)14-7-5-4-6-8-14)22-15-9-10-16-17(11-15)24(3)20(25)23(16)2/h4-13,22H,1-3H3. The van der Waals surface area contributed by atoms with Crippen LogP contribution in [0.3, 0.4) is 0 Å². The molecule has 0 aliphatic carbocycles. The molecule has 4 rings (SSSR count). The Morgan fingerprint density at radius 3 is 2.54 bits per heavy atom. The van der Waals surface area contributed by atoms with Gasteiger partial charge in [0, 0.05) is 25.3 Å². The van der Waals surface area contributed by atoms with Gasteiger partial charge in [-0.3, -0.25) is 9.13 Å². The maximum Gasteiger partial charge on any atom is 0.328 e. The maximum atomic E-state index is 12.1. The average molecular weight is 348 g/mol. The quantitative estimate of drug-likeness (QED) is 0.611. The topological polar surface area (TPSA) is 65.0 Å². The fraction of sp³-hybridized carbons (Fsp3) is 0.200. The van der Waals surface area contributed by atoms with Crippen LogP contribution in [0.4, 0.5) is 5.69 Å². The Morgan fingerprint density at radius 2 is 1.77 bits per heavy atom. The number of benzene rings is 2. The molecule has 0 amide bonds. The van der Waals surface area contributed by atoms with Crippen LogP contribution in [0.2, 0.25) is 0 Å². The zero-order chi connectivity index (χ0) is 18.3. The molecule has 4 aromatic rings. The van der Waals surface area contributed by atoms with Crippen LogP contribution in [-0.2, 0) is 14.1 Å². The lowest BCUT2D eigenvalue weighted by Crippen LogP contribution is -2.19. The first-order valence-electron chi connectivity index (χ1n) is 8.48. The van der Waals surface area contributed by atoms with Gasteiger partial charge in [-0.05, 0) is 25.1 Å². The summed E-state index contributed by atoms with van der Waals surface area (Å²) in [6, 6.07) is 15.7. The normalized spacial score (nSPS) is 12.4. The molecule has 1 atom stereocenters. The molecule has 0 bridgehead atoms. The first-order chi connectivity index (χ1) is 12.5. The summed E-state index contributed by atoms with van der Waals surface area (Å²) in [7, 11) is 3.55. The molecule has 1 N–H and O–H groups in total. The maximum absolute atomic E-state index is 12.1. The number of imidazole rings is 1. The Labute approximate surface area is 150 Å². The Kier molecular flexibility index (Phi) is 3.88. The molecule has 2 heterocycles. The van der Waals surface area contributed by atoms with Crippen LogP contribution in [0.1, 0.15) is 18.9 Å². The van der Waals surface area contributed by atoms with Crippen molar-refractivity contribution in [3.8, 4) is 11.3 Å². The highest BCUT2D eigenvalue weighted by atomic mass is 16.4. The molecule has 0 fully saturated rings. The number of oxazole rings is 1. The SMILES string of the molecule is CC(Nc1ccc2c(c1)n(C)c(=O)n2C)c1ncc(-c2ccccc2)o1. The molecule has 6 nitrogen and oxygen atoms in total. The van der Waals surface area contributed by atoms with Gasteiger partial charge in [0.2, 0.25) is 5.89 Å². The first-order valence-corrected chi connectivity index (χ1v) is 8.48. The molecule has 0 saturated carbocycles. The Bertz CT molecular complexity index is 1120. The van der Waals surface area contributed by atoms with E-state index in [1.54, 1.807) is 29.4 Å². The molecule has 132 valence electrons. The fourth-order valence-corrected chi connectivity index (χ4v) is 3.13. The third-order valence-corrected chi connectivity index (χ3v) is 4.61. The van der Waals surface area contributed by atoms with Gasteiger partial charge in [-0.15, -0.1) is 0 Å². The summed E-state index contributed by atoms with van der Waals surface area (Å²) in [6.07, 6.45) is 1.74. The molecule has 0 radical (unpaired) electrons. The molecule has 1 unspecified atom stereocenters. The van der Waals surface area contributed by atoms with Crippen LogP contribution >= 0.6 is 0 Å². The van der Waals surface area contributed by atoms with Crippen molar-refractivity contribution in [1.29, 1.82) is 0 Å². The fourth-order valence-electron chi connectivity index (χ4n) is 3.13. The average Bonchev–Trinajstić information content (AvgIpc) is 3.24. The lowest BCUT2D eigenvalue weighted by Gasteiger charge is -2.12. The Morgan fingerprint density at radius 1 is 1.04 bits per heavy atom. The van der Waals surface area contributed by atoms with E-state index < -0.39 is 0 Å². The van der Waals surface area contributed by atoms with Gasteiger partial charge in [0.25, 0.3) is 0 Å². The minimum atomic E-state index is -0.106. The highest BCUT2D eigenvalue weighted by molar-refractivity contribution is 5.80. The van der Waals surface area contributed by atoms with Crippen molar-refractivity contribution in [3.63, 3.8) is 0 Å². The number of aryl methyl sites for hydroxylation is 2. The van der Waals surface area contributed by atoms with Gasteiger partial charge >= 0.3 is 5.69 Å². The molecule has 0 spiro atoms. The van der Waals surface area contributed by atoms with E-state index in [1.807, 2.05) is 55.5 Å². The van der Waals surface area contributed by atoms with E-state index in [1.165, 1.54) is 0 Å². The van der Waals surface area contributed by atoms with Crippen LogP contribution in [-0.4, -0.2) is 14.1 Å². The second-order valence-electron chi connectivity index (χ2n) is 6.40. The second kappa shape index (κ2) is 6.22. The summed E-state index contributed by atoms with van der Waals surface area (Å²) in [5.74, 6) is 1.36. The molecule has 26 heavy (non-hydrogen) atoms. The van der Waals surface area contributed by atoms with Crippen LogP contribution in [0.5, 0.6) is 0 Å². The third kappa shape index (κ3) is 2.69. The number of hydrogen-bond acceptors (Lipinski definition) is 4. The lowest BCUT2D eigenvalue weighted by molar-refractivity contribution is 0.485. The Hall–Kier alpha value is -3.28. The Balaban J connectivity index is 1.59. The third-order valence-electron chi connectivity index (χ3n) is 4.61. The van der Waals surface area contributed by atoms with E-state index in [0.717, 1.165) is 28.0 Å². The van der Waals surface area contributed by atoms with Crippen LogP contribution in [0.25, 0.3) is 22.4 Å². The summed E-state index contributed by atoms with van der Waals surface area (Å²) in [5.41, 5.74) is 3.65. The molecular weight excluding hydrogens is 328 g/mol. The number of rotatable bonds is 4. The minimum Gasteiger partial charge on any atom is -0.438 e. The second-order valence-corrected chi connectivity index (χ2v) is 6.40. The lowest BCUT2D eigenvalue weighted by atomic mass is 10.2. The van der Waals surface area contributed by atoms with Crippen molar-refractivity contribution in [2.45, 2.75) is 13.0 Å². The summed E-state index contributed by atoms with van der Waals surface area (Å²) < 4.78 is 9.19. The van der Waals surface area contributed by atoms with Crippen LogP contribution < -0.4 is 11.0 Å². The van der Waals surface area contributed by atoms with Crippen molar-refractivity contribution in [2.24, 2.45) is 14.1 Å². The van der Waals surface area contributed by atoms with Crippen molar-refractivity contribution >= 4 is 16.7 Å². The molecule has 0 aliphatic heterocycles. The smallest absolute Gasteiger partial charge is 0.328 e. The summed E-state index contributed by atoms with van der Waals surface area (Å²) >= 11 is 0. The molecule has 0 aliphatic rings. The zero-order valence-corrected chi connectivity index (χ0v) is 14.9. The number of fused-ring (bicyclic) bond motifs is 1. The van der Waals surface area contributed by atoms with Gasteiger partial charge < -0.3 is 9.73 Å². The summed E-state index contributed by atoms with van der Waals surface area (Å²) in [5, 5.41) is 3.39. The van der Waals surface area contributed by atoms with E-state index in [-0.39, 0.29) is 11.7 Å². The van der Waals surface area contributed by atoms with E-state index in [9.17, 15) is 4.79 Å². The highest BCUT2D eigenvalue weighted by Gasteiger charge is 2.14. The summed E-state index contributed by atoms with van der Waals surface area (Å²) in [6.45, 7) is 1.99. The van der Waals surface area contributed by atoms with Gasteiger partial charge in [-0.1, -0.05) is 30.3 Å². The van der Waals surface area contributed by atoms with E-state index in [0.29, 0.717) is 5.89 Å². The van der Waals surface area contributed by atoms with Crippen LogP contribution in [0.15, 0.2) is 63.9 Å². The predicted octanol–water partition coefficient (Wildman–Crippen LogP) is 3.71. The van der Waals surface area contributed by atoms with Crippen LogP contribution in [0, 0.1) is 0 Å². The number of nitrogens with one attached hydrogen (secondary N) is 1. The van der Waals surface area contributed by atoms with Gasteiger partial charge in [0.05, 0.1) is 17.2 Å². The van der Waals surface area contributed by atoms with Crippen molar-refractivity contribution in [1.82, 2.24) is 14.1 Å². The van der Waals surface area contributed by atoms with Gasteiger partial charge in [-0.25, -0.2) is 9.78 Å². The van der Waals surface area contributed by atoms with Gasteiger partial charge in [-0.2, -0.15) is 0 Å². The minimum absolute atomic E-state index is 0.0367. The molecular formula is C20H20N4O2. The van der Waals surface area contributed by atoms with E-state index >= 15 is 0 Å². The summed E-state index contributed by atoms with van der Waals surface area (Å²) in [4.78, 5) is 16.5. The number of hydrogen-bond donors (Lipinski definition) is 1. The van der Waals surface area contributed by atoms with Crippen molar-refractivity contribution in [3.05, 3.63) is 71.1 Å². The predicted molar refractivity (Wildman–Crippen MR) is 102 cm³/mol. The molecule has 6 heteroatoms. The zero-order valence-electron chi connectivity index (χ0n) is 14.9. The first kappa shape index (κ1) is 16.2. The van der Waals surface area contributed by atoms with Crippen molar-refractivity contribution in [2.75, 3.05) is 5.32 Å². The van der Waals surface area contributed by atoms with E-state index in [2.05, 4.69) is 10.3 Å². The largest absolute Gasteiger partial charge is 0.438 e. The number of anilines is 1. The number of nitrogens with zero attached hydrogens (tertiary/aromatic N) is 3. The monoisotopic (exact) mass is 348 g/mol. The number of aromatic nitrogens is 3. The molecule has 2 aromatic heterocycles. The van der Waals surface area contributed by atoms with Crippen molar-refractivity contribution < 1.29 is 4.42 Å². The van der Waals surface area contributed by atoms with Gasteiger partial charge in [0.15, 0.2) is 5.76 Å². The van der Waals surface area contributed by atoms with Gasteiger partial charge in [0.1, 0.15) is 6.04 Å². The highest BCUT2D eigenvalue weighted by Crippen LogP contribution is 2.26. The van der Waals surface area contributed by atoms with E-state index in [4.69, 9.17) is 4.42 Å². The molecule has 2 aromatic carbocycles. The molecule has 0 saturated heterocycles.